The van der Waals surface area contributed by atoms with Crippen LogP contribution in [0.1, 0.15) is 29.1 Å². The number of carbonyl (C=O) groups excluding carboxylic acids is 3. The Hall–Kier alpha value is -2.16. The van der Waals surface area contributed by atoms with Crippen LogP contribution in [0.5, 0.6) is 0 Å². The molecule has 3 rings (SSSR count). The molecular weight excluding hydrogens is 408 g/mol. The van der Waals surface area contributed by atoms with Gasteiger partial charge in [-0.25, -0.2) is 0 Å². The monoisotopic (exact) mass is 432 g/mol. The zero-order valence-electron chi connectivity index (χ0n) is 16.3. The molecule has 0 saturated carbocycles. The maximum absolute atomic E-state index is 13.0. The number of carbonyl (C=O) groups is 3. The van der Waals surface area contributed by atoms with Gasteiger partial charge in [0.1, 0.15) is 18.2 Å². The molecule has 2 heterocycles. The molecule has 0 aliphatic carbocycles. The minimum Gasteiger partial charge on any atom is -0.368 e. The molecule has 1 aliphatic rings. The zero-order chi connectivity index (χ0) is 20.9. The second-order valence-electron chi connectivity index (χ2n) is 7.07. The summed E-state index contributed by atoms with van der Waals surface area (Å²) in [6.07, 6.45) is -0.426. The Bertz CT molecular complexity index is 857. The standard InChI is InChI=1S/C21H24N2O4S2/c1-14-21(2,18(24)11-27-14)23-19(25)16(22-20(26)17-9-6-10-29-17)13-28-12-15-7-4-3-5-8-15/h3-10,14,16H,11-13H2,1-2H3,(H,22,26)(H,23,25). The summed E-state index contributed by atoms with van der Waals surface area (Å²) < 4.78 is 5.39. The molecule has 1 saturated heterocycles. The quantitative estimate of drug-likeness (QED) is 0.670. The average molecular weight is 433 g/mol. The summed E-state index contributed by atoms with van der Waals surface area (Å²) in [5, 5.41) is 7.44. The van der Waals surface area contributed by atoms with Gasteiger partial charge in [-0.05, 0) is 30.9 Å². The number of ether oxygens (including phenoxy) is 1. The van der Waals surface area contributed by atoms with Gasteiger partial charge in [-0.15, -0.1) is 11.3 Å². The highest BCUT2D eigenvalue weighted by Crippen LogP contribution is 2.23. The molecule has 8 heteroatoms. The first-order chi connectivity index (χ1) is 13.9. The van der Waals surface area contributed by atoms with Gasteiger partial charge < -0.3 is 15.4 Å². The van der Waals surface area contributed by atoms with Crippen LogP contribution in [0.2, 0.25) is 0 Å². The number of hydrogen-bond donors (Lipinski definition) is 2. The molecule has 1 aromatic carbocycles. The van der Waals surface area contributed by atoms with Crippen molar-refractivity contribution in [2.75, 3.05) is 12.4 Å². The molecule has 0 bridgehead atoms. The van der Waals surface area contributed by atoms with Crippen LogP contribution >= 0.6 is 23.1 Å². The predicted octanol–water partition coefficient (Wildman–Crippen LogP) is 2.64. The van der Waals surface area contributed by atoms with Gasteiger partial charge in [0.25, 0.3) is 5.91 Å². The predicted molar refractivity (Wildman–Crippen MR) is 115 cm³/mol. The molecule has 29 heavy (non-hydrogen) atoms. The molecular formula is C21H24N2O4S2. The van der Waals surface area contributed by atoms with Crippen LogP contribution in [-0.2, 0) is 20.1 Å². The lowest BCUT2D eigenvalue weighted by Gasteiger charge is -2.29. The van der Waals surface area contributed by atoms with Crippen LogP contribution in [-0.4, -0.2) is 47.6 Å². The number of nitrogens with one attached hydrogen (secondary N) is 2. The van der Waals surface area contributed by atoms with Gasteiger partial charge in [0.05, 0.1) is 11.0 Å². The van der Waals surface area contributed by atoms with E-state index < -0.39 is 17.7 Å². The van der Waals surface area contributed by atoms with Gasteiger partial charge in [-0.3, -0.25) is 14.4 Å². The summed E-state index contributed by atoms with van der Waals surface area (Å²) in [6.45, 7) is 3.40. The Labute approximate surface area is 178 Å². The average Bonchev–Trinajstić information content (AvgIpc) is 3.33. The minimum atomic E-state index is -1.09. The zero-order valence-corrected chi connectivity index (χ0v) is 18.0. The van der Waals surface area contributed by atoms with Crippen molar-refractivity contribution in [3.8, 4) is 0 Å². The summed E-state index contributed by atoms with van der Waals surface area (Å²) in [4.78, 5) is 38.3. The van der Waals surface area contributed by atoms with Crippen molar-refractivity contribution in [1.82, 2.24) is 10.6 Å². The van der Waals surface area contributed by atoms with E-state index in [4.69, 9.17) is 4.74 Å². The highest BCUT2D eigenvalue weighted by atomic mass is 32.2. The summed E-state index contributed by atoms with van der Waals surface area (Å²) in [5.41, 5.74) is 0.0498. The van der Waals surface area contributed by atoms with Crippen molar-refractivity contribution < 1.29 is 19.1 Å². The Morgan fingerprint density at radius 2 is 2.03 bits per heavy atom. The fourth-order valence-corrected chi connectivity index (χ4v) is 4.59. The fraction of sp³-hybridized carbons (Fsp3) is 0.381. The summed E-state index contributed by atoms with van der Waals surface area (Å²) >= 11 is 2.87. The van der Waals surface area contributed by atoms with Crippen LogP contribution in [0.3, 0.4) is 0 Å². The number of thiophene rings is 1. The third-order valence-electron chi connectivity index (χ3n) is 5.00. The molecule has 3 unspecified atom stereocenters. The molecule has 1 aliphatic heterocycles. The number of Topliss-reactive ketones (excluding diaryl/α,β-unsaturated/α-hetero) is 1. The van der Waals surface area contributed by atoms with E-state index in [9.17, 15) is 14.4 Å². The number of benzene rings is 1. The Kier molecular flexibility index (Phi) is 7.10. The van der Waals surface area contributed by atoms with Crippen molar-refractivity contribution in [3.63, 3.8) is 0 Å². The summed E-state index contributed by atoms with van der Waals surface area (Å²) in [7, 11) is 0. The van der Waals surface area contributed by atoms with Crippen LogP contribution in [0, 0.1) is 0 Å². The number of thioether (sulfide) groups is 1. The molecule has 2 amide bonds. The maximum Gasteiger partial charge on any atom is 0.262 e. The molecule has 2 aromatic rings. The molecule has 6 nitrogen and oxygen atoms in total. The first-order valence-corrected chi connectivity index (χ1v) is 11.4. The second kappa shape index (κ2) is 9.56. The molecule has 2 N–H and O–H groups in total. The highest BCUT2D eigenvalue weighted by Gasteiger charge is 2.47. The largest absolute Gasteiger partial charge is 0.368 e. The van der Waals surface area contributed by atoms with Crippen molar-refractivity contribution >= 4 is 40.7 Å². The molecule has 3 atom stereocenters. The van der Waals surface area contributed by atoms with Gasteiger partial charge in [-0.1, -0.05) is 36.4 Å². The van der Waals surface area contributed by atoms with Crippen LogP contribution < -0.4 is 10.6 Å². The highest BCUT2D eigenvalue weighted by molar-refractivity contribution is 7.98. The number of amides is 2. The first kappa shape index (κ1) is 21.5. The van der Waals surface area contributed by atoms with E-state index in [1.165, 1.54) is 11.3 Å². The summed E-state index contributed by atoms with van der Waals surface area (Å²) in [5.74, 6) is 0.252. The lowest BCUT2D eigenvalue weighted by Crippen LogP contribution is -2.60. The molecule has 0 radical (unpaired) electrons. The van der Waals surface area contributed by atoms with E-state index in [1.54, 1.807) is 37.7 Å². The molecule has 0 spiro atoms. The summed E-state index contributed by atoms with van der Waals surface area (Å²) in [6, 6.07) is 12.6. The second-order valence-corrected chi connectivity index (χ2v) is 9.05. The lowest BCUT2D eigenvalue weighted by atomic mass is 9.93. The Morgan fingerprint density at radius 1 is 1.28 bits per heavy atom. The molecule has 1 fully saturated rings. The fourth-order valence-electron chi connectivity index (χ4n) is 2.95. The van der Waals surface area contributed by atoms with E-state index >= 15 is 0 Å². The maximum atomic E-state index is 13.0. The van der Waals surface area contributed by atoms with Gasteiger partial charge in [-0.2, -0.15) is 11.8 Å². The molecule has 1 aromatic heterocycles. The third kappa shape index (κ3) is 5.26. The molecule has 154 valence electrons. The van der Waals surface area contributed by atoms with Crippen molar-refractivity contribution in [2.24, 2.45) is 0 Å². The number of hydrogen-bond acceptors (Lipinski definition) is 6. The first-order valence-electron chi connectivity index (χ1n) is 9.33. The van der Waals surface area contributed by atoms with E-state index in [-0.39, 0.29) is 24.2 Å². The van der Waals surface area contributed by atoms with Crippen LogP contribution in [0.4, 0.5) is 0 Å². The van der Waals surface area contributed by atoms with Crippen LogP contribution in [0.15, 0.2) is 47.8 Å². The van der Waals surface area contributed by atoms with Crippen molar-refractivity contribution in [3.05, 3.63) is 58.3 Å². The topological polar surface area (TPSA) is 84.5 Å². The third-order valence-corrected chi connectivity index (χ3v) is 6.98. The van der Waals surface area contributed by atoms with Crippen molar-refractivity contribution in [1.29, 1.82) is 0 Å². The van der Waals surface area contributed by atoms with Gasteiger partial charge in [0.15, 0.2) is 5.78 Å². The normalized spacial score (nSPS) is 22.3. The van der Waals surface area contributed by atoms with Crippen LogP contribution in [0.25, 0.3) is 0 Å². The van der Waals surface area contributed by atoms with Gasteiger partial charge >= 0.3 is 0 Å². The number of rotatable bonds is 8. The van der Waals surface area contributed by atoms with Gasteiger partial charge in [0.2, 0.25) is 5.91 Å². The minimum absolute atomic E-state index is 0.0209. The van der Waals surface area contributed by atoms with E-state index in [2.05, 4.69) is 10.6 Å². The van der Waals surface area contributed by atoms with Crippen molar-refractivity contribution in [2.45, 2.75) is 37.3 Å². The Balaban J connectivity index is 1.68. The number of ketones is 1. The Morgan fingerprint density at radius 3 is 2.66 bits per heavy atom. The van der Waals surface area contributed by atoms with Gasteiger partial charge in [0, 0.05) is 11.5 Å². The van der Waals surface area contributed by atoms with E-state index in [1.807, 2.05) is 35.7 Å². The lowest BCUT2D eigenvalue weighted by molar-refractivity contribution is -0.130. The smallest absolute Gasteiger partial charge is 0.262 e. The SMILES string of the molecule is CC1OCC(=O)C1(C)NC(=O)C(CSCc1ccccc1)NC(=O)c1cccs1. The van der Waals surface area contributed by atoms with E-state index in [0.717, 1.165) is 11.3 Å². The van der Waals surface area contributed by atoms with E-state index in [0.29, 0.717) is 10.6 Å².